The van der Waals surface area contributed by atoms with Crippen molar-refractivity contribution in [1.82, 2.24) is 5.32 Å². The molecule has 7 heteroatoms. The van der Waals surface area contributed by atoms with Gasteiger partial charge < -0.3 is 14.5 Å². The van der Waals surface area contributed by atoms with Gasteiger partial charge in [-0.15, -0.1) is 0 Å². The van der Waals surface area contributed by atoms with Gasteiger partial charge in [0.25, 0.3) is 10.0 Å². The third kappa shape index (κ3) is 3.10. The summed E-state index contributed by atoms with van der Waals surface area (Å²) < 4.78 is 33.1. The molecule has 0 bridgehead atoms. The number of nitrogens with two attached hydrogens (primary N) is 1. The third-order valence-corrected chi connectivity index (χ3v) is 4.18. The number of benzene rings is 1. The van der Waals surface area contributed by atoms with Gasteiger partial charge in [0.15, 0.2) is 0 Å². The second-order valence-electron chi connectivity index (χ2n) is 4.87. The van der Waals surface area contributed by atoms with Crippen molar-refractivity contribution in [1.29, 1.82) is 0 Å². The van der Waals surface area contributed by atoms with Gasteiger partial charge in [-0.3, -0.25) is 0 Å². The lowest BCUT2D eigenvalue weighted by Crippen LogP contribution is -2.26. The van der Waals surface area contributed by atoms with Gasteiger partial charge in [0, 0.05) is 18.0 Å². The normalized spacial score (nSPS) is 18.0. The van der Waals surface area contributed by atoms with Crippen molar-refractivity contribution in [3.05, 3.63) is 47.7 Å². The Bertz CT molecular complexity index is 739. The van der Waals surface area contributed by atoms with Crippen LogP contribution in [0, 0.1) is 0 Å². The molecule has 1 aromatic carbocycles. The van der Waals surface area contributed by atoms with E-state index < -0.39 is 10.0 Å². The largest absolute Gasteiger partial charge is 0.493 e. The van der Waals surface area contributed by atoms with Gasteiger partial charge in [-0.1, -0.05) is 18.2 Å². The summed E-state index contributed by atoms with van der Waals surface area (Å²) in [6.45, 7) is 1.07. The lowest BCUT2D eigenvalue weighted by atomic mass is 10.0. The van der Waals surface area contributed by atoms with Crippen LogP contribution in [0.5, 0.6) is 5.75 Å². The van der Waals surface area contributed by atoms with E-state index in [0.29, 0.717) is 18.9 Å². The monoisotopic (exact) mass is 308 g/mol. The van der Waals surface area contributed by atoms with Gasteiger partial charge in [-0.25, -0.2) is 13.6 Å². The molecule has 1 unspecified atom stereocenters. The number of ether oxygens (including phenoxy) is 1. The Kier molecular flexibility index (Phi) is 3.71. The number of fused-ring (bicyclic) bond motifs is 1. The molecule has 1 aliphatic heterocycles. The predicted octanol–water partition coefficient (Wildman–Crippen LogP) is 1.54. The molecule has 0 saturated heterocycles. The van der Waals surface area contributed by atoms with Crippen LogP contribution in [0.2, 0.25) is 0 Å². The number of hydrogen-bond acceptors (Lipinski definition) is 5. The summed E-state index contributed by atoms with van der Waals surface area (Å²) in [5.41, 5.74) is 1.10. The Hall–Kier alpha value is -1.83. The van der Waals surface area contributed by atoms with Crippen LogP contribution in [0.3, 0.4) is 0 Å². The zero-order valence-electron chi connectivity index (χ0n) is 11.3. The number of para-hydroxylation sites is 1. The fourth-order valence-corrected chi connectivity index (χ4v) is 2.86. The molecular formula is C14H16N2O4S. The Labute approximate surface area is 123 Å². The maximum Gasteiger partial charge on any atom is 0.271 e. The van der Waals surface area contributed by atoms with Crippen molar-refractivity contribution in [2.75, 3.05) is 6.61 Å². The first-order valence-corrected chi connectivity index (χ1v) is 8.15. The van der Waals surface area contributed by atoms with Crippen LogP contribution in [0.25, 0.3) is 0 Å². The molecule has 0 spiro atoms. The van der Waals surface area contributed by atoms with E-state index in [1.165, 1.54) is 6.07 Å². The van der Waals surface area contributed by atoms with Gasteiger partial charge in [0.1, 0.15) is 11.5 Å². The Morgan fingerprint density at radius 2 is 2.05 bits per heavy atom. The van der Waals surface area contributed by atoms with E-state index in [-0.39, 0.29) is 11.1 Å². The van der Waals surface area contributed by atoms with Gasteiger partial charge in [0.05, 0.1) is 13.2 Å². The van der Waals surface area contributed by atoms with Gasteiger partial charge >= 0.3 is 0 Å². The second kappa shape index (κ2) is 5.51. The first kappa shape index (κ1) is 14.1. The highest BCUT2D eigenvalue weighted by Crippen LogP contribution is 2.31. The quantitative estimate of drug-likeness (QED) is 0.893. The molecule has 0 amide bonds. The van der Waals surface area contributed by atoms with Gasteiger partial charge in [0.2, 0.25) is 5.09 Å². The highest BCUT2D eigenvalue weighted by atomic mass is 32.2. The van der Waals surface area contributed by atoms with E-state index >= 15 is 0 Å². The lowest BCUT2D eigenvalue weighted by Gasteiger charge is -2.26. The highest BCUT2D eigenvalue weighted by Gasteiger charge is 2.21. The number of sulfonamides is 1. The van der Waals surface area contributed by atoms with E-state index in [1.54, 1.807) is 6.07 Å². The van der Waals surface area contributed by atoms with Crippen LogP contribution in [0.15, 0.2) is 45.9 Å². The summed E-state index contributed by atoms with van der Waals surface area (Å²) in [6, 6.07) is 11.0. The van der Waals surface area contributed by atoms with E-state index in [0.717, 1.165) is 17.7 Å². The number of primary sulfonamides is 1. The minimum Gasteiger partial charge on any atom is -0.493 e. The summed E-state index contributed by atoms with van der Waals surface area (Å²) in [7, 11) is -3.79. The minimum atomic E-state index is -3.79. The third-order valence-electron chi connectivity index (χ3n) is 3.40. The molecule has 112 valence electrons. The molecule has 1 aromatic heterocycles. The zero-order chi connectivity index (χ0) is 14.9. The van der Waals surface area contributed by atoms with E-state index in [2.05, 4.69) is 5.32 Å². The summed E-state index contributed by atoms with van der Waals surface area (Å²) in [6.07, 6.45) is 0.847. The van der Waals surface area contributed by atoms with Crippen molar-refractivity contribution < 1.29 is 17.6 Å². The van der Waals surface area contributed by atoms with E-state index in [1.807, 2.05) is 24.3 Å². The summed E-state index contributed by atoms with van der Waals surface area (Å²) in [4.78, 5) is 0. The predicted molar refractivity (Wildman–Crippen MR) is 76.2 cm³/mol. The Morgan fingerprint density at radius 1 is 1.24 bits per heavy atom. The molecular weight excluding hydrogens is 292 g/mol. The molecule has 0 saturated carbocycles. The molecule has 1 atom stereocenters. The summed E-state index contributed by atoms with van der Waals surface area (Å²) >= 11 is 0. The molecule has 3 N–H and O–H groups in total. The second-order valence-corrected chi connectivity index (χ2v) is 6.37. The van der Waals surface area contributed by atoms with Crippen molar-refractivity contribution in [2.45, 2.75) is 24.1 Å². The fraction of sp³-hybridized carbons (Fsp3) is 0.286. The highest BCUT2D eigenvalue weighted by molar-refractivity contribution is 7.89. The van der Waals surface area contributed by atoms with Crippen LogP contribution >= 0.6 is 0 Å². The van der Waals surface area contributed by atoms with Crippen molar-refractivity contribution >= 4 is 10.0 Å². The average molecular weight is 308 g/mol. The van der Waals surface area contributed by atoms with Gasteiger partial charge in [-0.05, 0) is 18.2 Å². The molecule has 2 aromatic rings. The Balaban J connectivity index is 1.70. The zero-order valence-corrected chi connectivity index (χ0v) is 12.1. The smallest absolute Gasteiger partial charge is 0.271 e. The Morgan fingerprint density at radius 3 is 2.81 bits per heavy atom. The average Bonchev–Trinajstić information content (AvgIpc) is 2.94. The summed E-state index contributed by atoms with van der Waals surface area (Å²) in [5.74, 6) is 1.41. The van der Waals surface area contributed by atoms with Crippen molar-refractivity contribution in [3.8, 4) is 5.75 Å². The minimum absolute atomic E-state index is 0.151. The molecule has 3 rings (SSSR count). The maximum absolute atomic E-state index is 11.2. The number of rotatable bonds is 4. The van der Waals surface area contributed by atoms with E-state index in [4.69, 9.17) is 14.3 Å². The van der Waals surface area contributed by atoms with Crippen LogP contribution in [-0.4, -0.2) is 15.0 Å². The molecule has 1 aliphatic rings. The van der Waals surface area contributed by atoms with Crippen LogP contribution in [0.1, 0.15) is 23.8 Å². The van der Waals surface area contributed by atoms with Crippen LogP contribution in [0.4, 0.5) is 0 Å². The number of furan rings is 1. The molecule has 0 aliphatic carbocycles. The topological polar surface area (TPSA) is 94.6 Å². The van der Waals surface area contributed by atoms with Crippen LogP contribution in [-0.2, 0) is 16.6 Å². The summed E-state index contributed by atoms with van der Waals surface area (Å²) in [5, 5.41) is 8.15. The van der Waals surface area contributed by atoms with Crippen LogP contribution < -0.4 is 15.2 Å². The van der Waals surface area contributed by atoms with Crippen molar-refractivity contribution in [3.63, 3.8) is 0 Å². The van der Waals surface area contributed by atoms with Gasteiger partial charge in [-0.2, -0.15) is 0 Å². The lowest BCUT2D eigenvalue weighted by molar-refractivity contribution is 0.249. The number of hydrogen-bond donors (Lipinski definition) is 2. The number of nitrogens with one attached hydrogen (secondary N) is 1. The molecule has 6 nitrogen and oxygen atoms in total. The standard InChI is InChI=1S/C14H16N2O4S/c15-21(17,18)14-6-5-10(20-14)9-16-12-7-8-19-13-4-2-1-3-11(12)13/h1-6,12,16H,7-9H2,(H2,15,17,18). The molecule has 2 heterocycles. The molecule has 0 fully saturated rings. The molecule has 0 radical (unpaired) electrons. The maximum atomic E-state index is 11.2. The van der Waals surface area contributed by atoms with Crippen molar-refractivity contribution in [2.24, 2.45) is 5.14 Å². The first-order valence-electron chi connectivity index (χ1n) is 6.60. The fourth-order valence-electron chi connectivity index (χ4n) is 2.38. The van der Waals surface area contributed by atoms with E-state index in [9.17, 15) is 8.42 Å². The SMILES string of the molecule is NS(=O)(=O)c1ccc(CNC2CCOc3ccccc32)o1. The first-order chi connectivity index (χ1) is 10.0. The molecule has 21 heavy (non-hydrogen) atoms.